The van der Waals surface area contributed by atoms with Crippen molar-refractivity contribution in [2.75, 3.05) is 37.0 Å². The maximum atomic E-state index is 6.58. The molecule has 8 heteroatoms. The van der Waals surface area contributed by atoms with Gasteiger partial charge in [0.25, 0.3) is 0 Å². The maximum absolute atomic E-state index is 6.58. The van der Waals surface area contributed by atoms with E-state index in [1.165, 1.54) is 0 Å². The lowest BCUT2D eigenvalue weighted by Gasteiger charge is -2.22. The second-order valence-electron chi connectivity index (χ2n) is 8.23. The van der Waals surface area contributed by atoms with Gasteiger partial charge >= 0.3 is 0 Å². The van der Waals surface area contributed by atoms with Gasteiger partial charge in [0, 0.05) is 31.5 Å². The highest BCUT2D eigenvalue weighted by molar-refractivity contribution is 6.33. The fraction of sp³-hybridized carbons (Fsp3) is 0.423. The Labute approximate surface area is 206 Å². The number of ether oxygens (including phenoxy) is 2. The van der Waals surface area contributed by atoms with Gasteiger partial charge in [-0.1, -0.05) is 25.4 Å². The predicted molar refractivity (Wildman–Crippen MR) is 137 cm³/mol. The van der Waals surface area contributed by atoms with Gasteiger partial charge in [0.1, 0.15) is 11.6 Å². The number of aryl methyl sites for hydroxylation is 2. The number of halogens is 1. The van der Waals surface area contributed by atoms with Crippen LogP contribution in [-0.4, -0.2) is 53.9 Å². The van der Waals surface area contributed by atoms with Gasteiger partial charge in [-0.25, -0.2) is 9.97 Å². The van der Waals surface area contributed by atoms with Gasteiger partial charge in [0.15, 0.2) is 0 Å². The zero-order valence-corrected chi connectivity index (χ0v) is 21.0. The smallest absolute Gasteiger partial charge is 0.148 e. The Hall–Kier alpha value is -2.90. The molecule has 180 valence electrons. The highest BCUT2D eigenvalue weighted by Gasteiger charge is 2.34. The standard InChI is InChI=1S/C26H32ClN5O2/c1-5-21-25(19-11-10-18(33-4)13-20(19)27)29-22(6-2)26(30-21)31-23-15-32(16-24(23)34-7-3)17-9-8-12-28-14-17/h8-14,23-24H,5-7,15-16H2,1-4H3,(H,30,31). The highest BCUT2D eigenvalue weighted by Crippen LogP contribution is 2.33. The number of methoxy groups -OCH3 is 1. The number of hydrogen-bond acceptors (Lipinski definition) is 7. The molecule has 0 spiro atoms. The Kier molecular flexibility index (Phi) is 7.85. The average molecular weight is 482 g/mol. The molecule has 34 heavy (non-hydrogen) atoms. The monoisotopic (exact) mass is 481 g/mol. The molecular weight excluding hydrogens is 450 g/mol. The van der Waals surface area contributed by atoms with E-state index >= 15 is 0 Å². The molecule has 2 aromatic heterocycles. The van der Waals surface area contributed by atoms with E-state index in [0.29, 0.717) is 11.6 Å². The number of nitrogens with zero attached hydrogens (tertiary/aromatic N) is 4. The van der Waals surface area contributed by atoms with Crippen molar-refractivity contribution in [2.45, 2.75) is 45.8 Å². The molecule has 3 heterocycles. The molecule has 0 amide bonds. The Bertz CT molecular complexity index is 1110. The van der Waals surface area contributed by atoms with E-state index < -0.39 is 0 Å². The van der Waals surface area contributed by atoms with Gasteiger partial charge in [0.2, 0.25) is 0 Å². The first-order valence-electron chi connectivity index (χ1n) is 11.8. The second kappa shape index (κ2) is 11.0. The van der Waals surface area contributed by atoms with Gasteiger partial charge in [-0.3, -0.25) is 4.98 Å². The molecule has 4 rings (SSSR count). The summed E-state index contributed by atoms with van der Waals surface area (Å²) in [6.07, 6.45) is 5.22. The topological polar surface area (TPSA) is 72.4 Å². The van der Waals surface area contributed by atoms with Crippen molar-refractivity contribution in [3.63, 3.8) is 0 Å². The van der Waals surface area contributed by atoms with E-state index in [-0.39, 0.29) is 12.1 Å². The van der Waals surface area contributed by atoms with Crippen molar-refractivity contribution < 1.29 is 9.47 Å². The molecule has 1 aromatic carbocycles. The summed E-state index contributed by atoms with van der Waals surface area (Å²) in [6, 6.07) is 9.79. The molecule has 0 bridgehead atoms. The van der Waals surface area contributed by atoms with E-state index in [1.54, 1.807) is 13.3 Å². The predicted octanol–water partition coefficient (Wildman–Crippen LogP) is 5.03. The van der Waals surface area contributed by atoms with Crippen LogP contribution in [0.5, 0.6) is 5.75 Å². The number of rotatable bonds is 9. The molecule has 1 saturated heterocycles. The van der Waals surface area contributed by atoms with E-state index in [2.05, 4.69) is 35.1 Å². The van der Waals surface area contributed by atoms with Crippen molar-refractivity contribution in [1.82, 2.24) is 15.0 Å². The second-order valence-corrected chi connectivity index (χ2v) is 8.64. The third-order valence-electron chi connectivity index (χ3n) is 6.12. The van der Waals surface area contributed by atoms with E-state index in [1.807, 2.05) is 37.4 Å². The summed E-state index contributed by atoms with van der Waals surface area (Å²) in [5.41, 5.74) is 4.60. The Morgan fingerprint density at radius 3 is 2.56 bits per heavy atom. The van der Waals surface area contributed by atoms with Gasteiger partial charge in [-0.2, -0.15) is 0 Å². The normalized spacial score (nSPS) is 17.7. The van der Waals surface area contributed by atoms with Crippen LogP contribution in [0, 0.1) is 0 Å². The van der Waals surface area contributed by atoms with Crippen LogP contribution in [0.1, 0.15) is 32.2 Å². The minimum absolute atomic E-state index is 0.0393. The van der Waals surface area contributed by atoms with Gasteiger partial charge < -0.3 is 19.7 Å². The lowest BCUT2D eigenvalue weighted by molar-refractivity contribution is 0.0719. The molecule has 0 radical (unpaired) electrons. The first-order valence-corrected chi connectivity index (χ1v) is 12.2. The maximum Gasteiger partial charge on any atom is 0.148 e. The van der Waals surface area contributed by atoms with Crippen LogP contribution in [-0.2, 0) is 17.6 Å². The largest absolute Gasteiger partial charge is 0.497 e. The van der Waals surface area contributed by atoms with E-state index in [4.69, 9.17) is 31.0 Å². The summed E-state index contributed by atoms with van der Waals surface area (Å²) >= 11 is 6.58. The molecular formula is C26H32ClN5O2. The summed E-state index contributed by atoms with van der Waals surface area (Å²) in [5.74, 6) is 1.53. The Morgan fingerprint density at radius 2 is 1.91 bits per heavy atom. The van der Waals surface area contributed by atoms with Crippen LogP contribution in [0.4, 0.5) is 11.5 Å². The molecule has 1 fully saturated rings. The van der Waals surface area contributed by atoms with Crippen LogP contribution >= 0.6 is 11.6 Å². The number of hydrogen-bond donors (Lipinski definition) is 1. The summed E-state index contributed by atoms with van der Waals surface area (Å²) in [7, 11) is 1.63. The number of benzene rings is 1. The van der Waals surface area contributed by atoms with Crippen molar-refractivity contribution in [1.29, 1.82) is 0 Å². The summed E-state index contributed by atoms with van der Waals surface area (Å²) < 4.78 is 11.4. The summed E-state index contributed by atoms with van der Waals surface area (Å²) in [6.45, 7) is 8.47. The lowest BCUT2D eigenvalue weighted by Crippen LogP contribution is -2.35. The molecule has 0 saturated carbocycles. The molecule has 2 atom stereocenters. The van der Waals surface area contributed by atoms with Crippen LogP contribution in [0.25, 0.3) is 11.3 Å². The van der Waals surface area contributed by atoms with Gasteiger partial charge in [-0.15, -0.1) is 0 Å². The third-order valence-corrected chi connectivity index (χ3v) is 6.43. The summed E-state index contributed by atoms with van der Waals surface area (Å²) in [4.78, 5) is 16.6. The molecule has 0 aliphatic carbocycles. The van der Waals surface area contributed by atoms with Gasteiger partial charge in [-0.05, 0) is 50.1 Å². The van der Waals surface area contributed by atoms with Crippen molar-refractivity contribution in [2.24, 2.45) is 0 Å². The molecule has 1 aliphatic heterocycles. The Balaban J connectivity index is 1.65. The number of nitrogens with one attached hydrogen (secondary N) is 1. The van der Waals surface area contributed by atoms with Gasteiger partial charge in [0.05, 0.1) is 53.2 Å². The van der Waals surface area contributed by atoms with Crippen LogP contribution < -0.4 is 15.0 Å². The minimum atomic E-state index is 0.0393. The molecule has 3 aromatic rings. The van der Waals surface area contributed by atoms with Crippen molar-refractivity contribution >= 4 is 23.1 Å². The molecule has 1 N–H and O–H groups in total. The lowest BCUT2D eigenvalue weighted by atomic mass is 10.1. The fourth-order valence-electron chi connectivity index (χ4n) is 4.37. The number of anilines is 2. The van der Waals surface area contributed by atoms with Crippen molar-refractivity contribution in [3.8, 4) is 17.0 Å². The quantitative estimate of drug-likeness (QED) is 0.459. The zero-order chi connectivity index (χ0) is 24.1. The van der Waals surface area contributed by atoms with E-state index in [0.717, 1.165) is 65.8 Å². The average Bonchev–Trinajstić information content (AvgIpc) is 3.26. The van der Waals surface area contributed by atoms with Crippen molar-refractivity contribution in [3.05, 3.63) is 59.1 Å². The third kappa shape index (κ3) is 5.10. The zero-order valence-electron chi connectivity index (χ0n) is 20.2. The number of aromatic nitrogens is 3. The first kappa shape index (κ1) is 24.2. The van der Waals surface area contributed by atoms with E-state index in [9.17, 15) is 0 Å². The highest BCUT2D eigenvalue weighted by atomic mass is 35.5. The Morgan fingerprint density at radius 1 is 1.09 bits per heavy atom. The van der Waals surface area contributed by atoms with Crippen LogP contribution in [0.15, 0.2) is 42.7 Å². The molecule has 7 nitrogen and oxygen atoms in total. The summed E-state index contributed by atoms with van der Waals surface area (Å²) in [5, 5.41) is 4.27. The minimum Gasteiger partial charge on any atom is -0.497 e. The molecule has 1 aliphatic rings. The molecule has 2 unspecified atom stereocenters. The number of pyridine rings is 1. The SMILES string of the molecule is CCOC1CN(c2cccnc2)CC1Nc1nc(CC)c(-c2ccc(OC)cc2Cl)nc1CC. The van der Waals surface area contributed by atoms with Crippen LogP contribution in [0.2, 0.25) is 5.02 Å². The fourth-order valence-corrected chi connectivity index (χ4v) is 4.63. The first-order chi connectivity index (χ1) is 16.6. The van der Waals surface area contributed by atoms with Crippen LogP contribution in [0.3, 0.4) is 0 Å².